The van der Waals surface area contributed by atoms with Crippen molar-refractivity contribution < 1.29 is 13.9 Å². The molecule has 0 aliphatic rings. The number of benzene rings is 2. The van der Waals surface area contributed by atoms with Gasteiger partial charge in [-0.15, -0.1) is 10.2 Å². The van der Waals surface area contributed by atoms with E-state index in [4.69, 9.17) is 20.8 Å². The highest BCUT2D eigenvalue weighted by Crippen LogP contribution is 2.36. The molecule has 7 nitrogen and oxygen atoms in total. The topological polar surface area (TPSA) is 83.0 Å². The summed E-state index contributed by atoms with van der Waals surface area (Å²) < 4.78 is 12.6. The van der Waals surface area contributed by atoms with Gasteiger partial charge < -0.3 is 9.15 Å². The number of hydrogen-bond acceptors (Lipinski definition) is 6. The van der Waals surface area contributed by atoms with Crippen molar-refractivity contribution in [1.82, 2.24) is 20.0 Å². The van der Waals surface area contributed by atoms with Crippen LogP contribution in [-0.2, 0) is 4.74 Å². The molecule has 146 valence electrons. The van der Waals surface area contributed by atoms with Crippen LogP contribution >= 0.6 is 27.5 Å². The summed E-state index contributed by atoms with van der Waals surface area (Å²) in [7, 11) is 1.28. The number of methoxy groups -OCH3 is 1. The molecule has 4 aromatic rings. The number of rotatable bonds is 4. The Balaban J connectivity index is 1.90. The predicted octanol–water partition coefficient (Wildman–Crippen LogP) is 5.10. The standard InChI is InChI=1S/C20H14BrClN4O3/c1-11-6-5-7-12(10-11)18-23-24-19(29-18)17-15(21)16(20(27)28-2)25-26(17)14-9-4-3-8-13(14)22/h3-10H,1-2H3. The number of carbonyl (C=O) groups excluding carboxylic acids is 1. The minimum absolute atomic E-state index is 0.0673. The third kappa shape index (κ3) is 3.56. The lowest BCUT2D eigenvalue weighted by atomic mass is 10.1. The van der Waals surface area contributed by atoms with E-state index in [-0.39, 0.29) is 11.6 Å². The van der Waals surface area contributed by atoms with Crippen molar-refractivity contribution in [2.75, 3.05) is 7.11 Å². The van der Waals surface area contributed by atoms with Gasteiger partial charge in [0.2, 0.25) is 5.89 Å². The van der Waals surface area contributed by atoms with Crippen LogP contribution in [-0.4, -0.2) is 33.1 Å². The molecule has 0 spiro atoms. The van der Waals surface area contributed by atoms with Crippen molar-refractivity contribution in [3.8, 4) is 28.7 Å². The molecular formula is C20H14BrClN4O3. The fourth-order valence-electron chi connectivity index (χ4n) is 2.82. The lowest BCUT2D eigenvalue weighted by molar-refractivity contribution is 0.0592. The zero-order valence-electron chi connectivity index (χ0n) is 15.4. The number of esters is 1. The van der Waals surface area contributed by atoms with Crippen molar-refractivity contribution in [2.45, 2.75) is 6.92 Å². The summed E-state index contributed by atoms with van der Waals surface area (Å²) in [5.41, 5.74) is 2.87. The van der Waals surface area contributed by atoms with E-state index in [2.05, 4.69) is 31.2 Å². The molecule has 0 amide bonds. The molecule has 0 bridgehead atoms. The zero-order valence-corrected chi connectivity index (χ0v) is 17.7. The third-order valence-corrected chi connectivity index (χ3v) is 5.25. The second-order valence-corrected chi connectivity index (χ2v) is 7.35. The van der Waals surface area contributed by atoms with Gasteiger partial charge in [0.05, 0.1) is 22.3 Å². The first-order valence-electron chi connectivity index (χ1n) is 8.52. The molecule has 0 aliphatic heterocycles. The summed E-state index contributed by atoms with van der Waals surface area (Å²) in [4.78, 5) is 12.2. The van der Waals surface area contributed by atoms with E-state index in [1.165, 1.54) is 11.8 Å². The Morgan fingerprint density at radius 2 is 1.90 bits per heavy atom. The van der Waals surface area contributed by atoms with Gasteiger partial charge in [-0.2, -0.15) is 5.10 Å². The highest BCUT2D eigenvalue weighted by atomic mass is 79.9. The highest BCUT2D eigenvalue weighted by Gasteiger charge is 2.28. The maximum absolute atomic E-state index is 12.2. The molecule has 29 heavy (non-hydrogen) atoms. The number of halogens is 2. The van der Waals surface area contributed by atoms with Crippen molar-refractivity contribution in [3.63, 3.8) is 0 Å². The predicted molar refractivity (Wildman–Crippen MR) is 111 cm³/mol. The molecule has 0 aliphatic carbocycles. The quantitative estimate of drug-likeness (QED) is 0.384. The molecule has 9 heteroatoms. The van der Waals surface area contributed by atoms with E-state index in [0.29, 0.717) is 26.8 Å². The van der Waals surface area contributed by atoms with Crippen LogP contribution in [0.3, 0.4) is 0 Å². The molecule has 2 aromatic carbocycles. The van der Waals surface area contributed by atoms with Crippen LogP contribution in [0.5, 0.6) is 0 Å². The van der Waals surface area contributed by atoms with Gasteiger partial charge >= 0.3 is 5.97 Å². The number of hydrogen-bond donors (Lipinski definition) is 0. The minimum Gasteiger partial charge on any atom is -0.464 e. The minimum atomic E-state index is -0.609. The Hall–Kier alpha value is -2.97. The second-order valence-electron chi connectivity index (χ2n) is 6.15. The zero-order chi connectivity index (χ0) is 20.5. The summed E-state index contributed by atoms with van der Waals surface area (Å²) in [6, 6.07) is 14.8. The van der Waals surface area contributed by atoms with Crippen LogP contribution in [0.15, 0.2) is 57.4 Å². The van der Waals surface area contributed by atoms with E-state index in [1.807, 2.05) is 37.3 Å². The van der Waals surface area contributed by atoms with Crippen LogP contribution in [0, 0.1) is 6.92 Å². The summed E-state index contributed by atoms with van der Waals surface area (Å²) in [6.07, 6.45) is 0. The van der Waals surface area contributed by atoms with E-state index in [1.54, 1.807) is 18.2 Å². The van der Waals surface area contributed by atoms with Crippen LogP contribution in [0.2, 0.25) is 5.02 Å². The maximum atomic E-state index is 12.2. The van der Waals surface area contributed by atoms with E-state index < -0.39 is 5.97 Å². The van der Waals surface area contributed by atoms with Gasteiger partial charge in [-0.05, 0) is 47.1 Å². The Bertz CT molecular complexity index is 1220. The fourth-order valence-corrected chi connectivity index (χ4v) is 3.62. The number of para-hydroxylation sites is 1. The number of aromatic nitrogens is 4. The third-order valence-electron chi connectivity index (χ3n) is 4.18. The molecule has 0 N–H and O–H groups in total. The molecule has 2 heterocycles. The van der Waals surface area contributed by atoms with Gasteiger partial charge in [-0.1, -0.05) is 41.4 Å². The fraction of sp³-hybridized carbons (Fsp3) is 0.100. The second kappa shape index (κ2) is 7.81. The molecule has 2 aromatic heterocycles. The molecule has 0 atom stereocenters. The van der Waals surface area contributed by atoms with Crippen LogP contribution in [0.4, 0.5) is 0 Å². The van der Waals surface area contributed by atoms with Crippen molar-refractivity contribution >= 4 is 33.5 Å². The molecule has 4 rings (SSSR count). The first-order chi connectivity index (χ1) is 14.0. The number of carbonyl (C=O) groups is 1. The van der Waals surface area contributed by atoms with Crippen LogP contribution in [0.1, 0.15) is 16.1 Å². The van der Waals surface area contributed by atoms with E-state index in [0.717, 1.165) is 11.1 Å². The Morgan fingerprint density at radius 1 is 1.14 bits per heavy atom. The van der Waals surface area contributed by atoms with Crippen molar-refractivity contribution in [2.24, 2.45) is 0 Å². The van der Waals surface area contributed by atoms with Gasteiger partial charge in [-0.25, -0.2) is 9.48 Å². The lowest BCUT2D eigenvalue weighted by Gasteiger charge is -2.06. The van der Waals surface area contributed by atoms with Gasteiger partial charge in [0, 0.05) is 5.56 Å². The Labute approximate surface area is 179 Å². The first kappa shape index (κ1) is 19.4. The number of aryl methyl sites for hydroxylation is 1. The van der Waals surface area contributed by atoms with Crippen molar-refractivity contribution in [3.05, 3.63) is 69.3 Å². The maximum Gasteiger partial charge on any atom is 0.359 e. The number of ether oxygens (including phenoxy) is 1. The van der Waals surface area contributed by atoms with Gasteiger partial charge in [0.25, 0.3) is 5.89 Å². The summed E-state index contributed by atoms with van der Waals surface area (Å²) in [6.45, 7) is 1.98. The van der Waals surface area contributed by atoms with Crippen molar-refractivity contribution in [1.29, 1.82) is 0 Å². The molecule has 0 radical (unpaired) electrons. The van der Waals surface area contributed by atoms with E-state index in [9.17, 15) is 4.79 Å². The Morgan fingerprint density at radius 3 is 2.62 bits per heavy atom. The van der Waals surface area contributed by atoms with Gasteiger partial charge in [0.1, 0.15) is 5.69 Å². The van der Waals surface area contributed by atoms with E-state index >= 15 is 0 Å². The molecule has 0 unspecified atom stereocenters. The van der Waals surface area contributed by atoms with Crippen LogP contribution < -0.4 is 0 Å². The average Bonchev–Trinajstić information content (AvgIpc) is 3.32. The smallest absolute Gasteiger partial charge is 0.359 e. The number of nitrogens with zero attached hydrogens (tertiary/aromatic N) is 4. The normalized spacial score (nSPS) is 10.9. The Kier molecular flexibility index (Phi) is 5.21. The highest BCUT2D eigenvalue weighted by molar-refractivity contribution is 9.10. The lowest BCUT2D eigenvalue weighted by Crippen LogP contribution is -2.05. The first-order valence-corrected chi connectivity index (χ1v) is 9.69. The molecule has 0 saturated heterocycles. The summed E-state index contributed by atoms with van der Waals surface area (Å²) in [5, 5.41) is 13.1. The van der Waals surface area contributed by atoms with Gasteiger partial charge in [-0.3, -0.25) is 0 Å². The SMILES string of the molecule is COC(=O)c1nn(-c2ccccc2Cl)c(-c2nnc(-c3cccc(C)c3)o2)c1Br. The monoisotopic (exact) mass is 472 g/mol. The summed E-state index contributed by atoms with van der Waals surface area (Å²) >= 11 is 9.78. The largest absolute Gasteiger partial charge is 0.464 e. The van der Waals surface area contributed by atoms with Gasteiger partial charge in [0.15, 0.2) is 5.69 Å². The molecular weight excluding hydrogens is 460 g/mol. The van der Waals surface area contributed by atoms with Crippen LogP contribution in [0.25, 0.3) is 28.7 Å². The average molecular weight is 474 g/mol. The molecule has 0 saturated carbocycles. The summed E-state index contributed by atoms with van der Waals surface area (Å²) in [5.74, 6) is -0.0829. The molecule has 0 fully saturated rings.